The fraction of sp³-hybridized carbons (Fsp3) is 0.222. The summed E-state index contributed by atoms with van der Waals surface area (Å²) < 4.78 is 56.9. The van der Waals surface area contributed by atoms with Crippen molar-refractivity contribution in [3.8, 4) is 0 Å². The van der Waals surface area contributed by atoms with E-state index in [1.54, 1.807) is 17.2 Å². The molecule has 2 N–H and O–H groups in total. The summed E-state index contributed by atoms with van der Waals surface area (Å²) in [6.45, 7) is 0.306. The number of sulfonamides is 1. The fourth-order valence-corrected chi connectivity index (χ4v) is 3.88. The molecule has 7 nitrogen and oxygen atoms in total. The highest BCUT2D eigenvalue weighted by Crippen LogP contribution is 2.35. The van der Waals surface area contributed by atoms with Crippen molar-refractivity contribution >= 4 is 22.1 Å². The number of dihydropyridines is 1. The second kappa shape index (κ2) is 6.64. The smallest absolute Gasteiger partial charge is 0.238 e. The molecule has 0 radical (unpaired) electrons. The molecule has 0 saturated carbocycles. The van der Waals surface area contributed by atoms with Crippen LogP contribution in [0.15, 0.2) is 62.1 Å². The standard InChI is InChI=1S/C18H16F2N4O3S/c1-27-16-7-12-17-10(8-22-18(12)23-16)3-2-4-24(17)9-13-14(19)5-11(6-15(13)20)28(21,25)26/h2-3,5-8,18H,4,9H2,1H3,(H2,21,25,26). The Morgan fingerprint density at radius 1 is 1.32 bits per heavy atom. The highest BCUT2D eigenvalue weighted by molar-refractivity contribution is 7.89. The number of hydrogen-bond donors (Lipinski definition) is 1. The van der Waals surface area contributed by atoms with Crippen molar-refractivity contribution in [1.82, 2.24) is 4.90 Å². The third-order valence-electron chi connectivity index (χ3n) is 4.65. The van der Waals surface area contributed by atoms with Crippen molar-refractivity contribution in [2.75, 3.05) is 13.7 Å². The monoisotopic (exact) mass is 406 g/mol. The quantitative estimate of drug-likeness (QED) is 0.825. The van der Waals surface area contributed by atoms with Gasteiger partial charge in [0, 0.05) is 42.1 Å². The van der Waals surface area contributed by atoms with Crippen molar-refractivity contribution in [3.63, 3.8) is 0 Å². The maximum absolute atomic E-state index is 14.5. The maximum atomic E-state index is 14.5. The van der Waals surface area contributed by atoms with Crippen LogP contribution in [0.1, 0.15) is 5.56 Å². The normalized spacial score (nSPS) is 20.7. The summed E-state index contributed by atoms with van der Waals surface area (Å²) in [4.78, 5) is 9.87. The number of allylic oxidation sites excluding steroid dienone is 2. The number of aliphatic imine (C=N–C) groups is 2. The highest BCUT2D eigenvalue weighted by Gasteiger charge is 2.32. The third kappa shape index (κ3) is 3.14. The molecule has 3 heterocycles. The van der Waals surface area contributed by atoms with Gasteiger partial charge in [0.05, 0.1) is 17.7 Å². The summed E-state index contributed by atoms with van der Waals surface area (Å²) in [7, 11) is -2.70. The molecular formula is C18H16F2N4O3S. The predicted molar refractivity (Wildman–Crippen MR) is 99.1 cm³/mol. The second-order valence-electron chi connectivity index (χ2n) is 6.42. The molecule has 0 aliphatic carbocycles. The van der Waals surface area contributed by atoms with Crippen molar-refractivity contribution < 1.29 is 21.9 Å². The van der Waals surface area contributed by atoms with E-state index >= 15 is 0 Å². The van der Waals surface area contributed by atoms with Crippen molar-refractivity contribution in [2.24, 2.45) is 15.1 Å². The molecule has 146 valence electrons. The zero-order chi connectivity index (χ0) is 20.1. The SMILES string of the molecule is COC1=NC2N=CC3=C(C2=C1)N(Cc1c(F)cc(S(N)(=O)=O)cc1F)CC=C3. The minimum absolute atomic E-state index is 0.105. The molecule has 1 aromatic carbocycles. The van der Waals surface area contributed by atoms with Crippen LogP contribution >= 0.6 is 0 Å². The Bertz CT molecular complexity index is 1100. The second-order valence-corrected chi connectivity index (χ2v) is 7.98. The number of primary sulfonamides is 1. The topological polar surface area (TPSA) is 97.3 Å². The van der Waals surface area contributed by atoms with Crippen LogP contribution < -0.4 is 5.14 Å². The maximum Gasteiger partial charge on any atom is 0.238 e. The molecule has 4 rings (SSSR count). The summed E-state index contributed by atoms with van der Waals surface area (Å²) in [6, 6.07) is 1.46. The summed E-state index contributed by atoms with van der Waals surface area (Å²) in [6.07, 6.45) is 6.70. The van der Waals surface area contributed by atoms with Gasteiger partial charge in [-0.3, -0.25) is 4.99 Å². The van der Waals surface area contributed by atoms with Gasteiger partial charge < -0.3 is 9.64 Å². The number of ether oxygens (including phenoxy) is 1. The Hall–Kier alpha value is -2.85. The van der Waals surface area contributed by atoms with E-state index < -0.39 is 32.7 Å². The van der Waals surface area contributed by atoms with Crippen LogP contribution in [0.25, 0.3) is 0 Å². The van der Waals surface area contributed by atoms with Crippen LogP contribution in [-0.4, -0.2) is 45.3 Å². The van der Waals surface area contributed by atoms with E-state index in [2.05, 4.69) is 9.98 Å². The van der Waals surface area contributed by atoms with Gasteiger partial charge in [-0.2, -0.15) is 0 Å². The van der Waals surface area contributed by atoms with E-state index in [9.17, 15) is 17.2 Å². The lowest BCUT2D eigenvalue weighted by atomic mass is 9.97. The molecule has 1 aromatic rings. The number of nitrogens with two attached hydrogens (primary N) is 1. The van der Waals surface area contributed by atoms with Crippen LogP contribution in [-0.2, 0) is 21.3 Å². The lowest BCUT2D eigenvalue weighted by Gasteiger charge is -2.33. The van der Waals surface area contributed by atoms with Gasteiger partial charge in [0.25, 0.3) is 0 Å². The number of fused-ring (bicyclic) bond motifs is 2. The Kier molecular flexibility index (Phi) is 4.39. The Morgan fingerprint density at radius 2 is 2.04 bits per heavy atom. The Morgan fingerprint density at radius 3 is 2.68 bits per heavy atom. The Balaban J connectivity index is 1.71. The van der Waals surface area contributed by atoms with Gasteiger partial charge in [0.1, 0.15) is 11.6 Å². The molecule has 0 bridgehead atoms. The van der Waals surface area contributed by atoms with Crippen LogP contribution in [0.5, 0.6) is 0 Å². The molecule has 1 atom stereocenters. The molecule has 10 heteroatoms. The van der Waals surface area contributed by atoms with E-state index in [1.165, 1.54) is 7.11 Å². The molecule has 0 spiro atoms. The number of nitrogens with zero attached hydrogens (tertiary/aromatic N) is 3. The van der Waals surface area contributed by atoms with E-state index in [0.717, 1.165) is 29.0 Å². The lowest BCUT2D eigenvalue weighted by Crippen LogP contribution is -2.32. The van der Waals surface area contributed by atoms with Crippen molar-refractivity contribution in [3.05, 3.63) is 64.4 Å². The molecular weight excluding hydrogens is 390 g/mol. The number of benzene rings is 1. The molecule has 0 fully saturated rings. The lowest BCUT2D eigenvalue weighted by molar-refractivity contribution is 0.352. The van der Waals surface area contributed by atoms with E-state index in [-0.39, 0.29) is 12.1 Å². The predicted octanol–water partition coefficient (Wildman–Crippen LogP) is 1.63. The van der Waals surface area contributed by atoms with E-state index in [0.29, 0.717) is 12.4 Å². The largest absolute Gasteiger partial charge is 0.481 e. The molecule has 3 aliphatic rings. The van der Waals surface area contributed by atoms with Gasteiger partial charge in [-0.25, -0.2) is 27.3 Å². The van der Waals surface area contributed by atoms with Gasteiger partial charge in [0.15, 0.2) is 6.17 Å². The average molecular weight is 406 g/mol. The van der Waals surface area contributed by atoms with Gasteiger partial charge in [-0.1, -0.05) is 12.2 Å². The molecule has 1 unspecified atom stereocenters. The first-order valence-electron chi connectivity index (χ1n) is 8.31. The van der Waals surface area contributed by atoms with Crippen molar-refractivity contribution in [1.29, 1.82) is 0 Å². The fourth-order valence-electron chi connectivity index (χ4n) is 3.34. The summed E-state index contributed by atoms with van der Waals surface area (Å²) in [5, 5.41) is 4.97. The molecule has 28 heavy (non-hydrogen) atoms. The Labute approximate surface area is 160 Å². The summed E-state index contributed by atoms with van der Waals surface area (Å²) >= 11 is 0. The number of hydrogen-bond acceptors (Lipinski definition) is 6. The average Bonchev–Trinajstić information content (AvgIpc) is 3.07. The minimum Gasteiger partial charge on any atom is -0.481 e. The summed E-state index contributed by atoms with van der Waals surface area (Å²) in [5.41, 5.74) is 2.08. The molecule has 0 aromatic heterocycles. The number of rotatable bonds is 3. The van der Waals surface area contributed by atoms with Crippen LogP contribution in [0.4, 0.5) is 8.78 Å². The zero-order valence-corrected chi connectivity index (χ0v) is 15.6. The van der Waals surface area contributed by atoms with E-state index in [1.807, 2.05) is 12.2 Å². The number of methoxy groups -OCH3 is 1. The number of halogens is 2. The van der Waals surface area contributed by atoms with Gasteiger partial charge >= 0.3 is 0 Å². The van der Waals surface area contributed by atoms with Gasteiger partial charge in [0.2, 0.25) is 15.9 Å². The first-order chi connectivity index (χ1) is 13.3. The highest BCUT2D eigenvalue weighted by atomic mass is 32.2. The molecule has 0 saturated heterocycles. The van der Waals surface area contributed by atoms with Crippen LogP contribution in [0.2, 0.25) is 0 Å². The van der Waals surface area contributed by atoms with Crippen LogP contribution in [0, 0.1) is 11.6 Å². The van der Waals surface area contributed by atoms with Gasteiger partial charge in [-0.05, 0) is 12.1 Å². The third-order valence-corrected chi connectivity index (χ3v) is 5.54. The molecule has 3 aliphatic heterocycles. The molecule has 0 amide bonds. The zero-order valence-electron chi connectivity index (χ0n) is 14.8. The summed E-state index contributed by atoms with van der Waals surface area (Å²) in [5.74, 6) is -1.53. The van der Waals surface area contributed by atoms with Crippen LogP contribution in [0.3, 0.4) is 0 Å². The first kappa shape index (κ1) is 18.5. The minimum atomic E-state index is -4.21. The first-order valence-corrected chi connectivity index (χ1v) is 9.86. The van der Waals surface area contributed by atoms with Gasteiger partial charge in [-0.15, -0.1) is 0 Å². The van der Waals surface area contributed by atoms with E-state index in [4.69, 9.17) is 9.88 Å². The van der Waals surface area contributed by atoms with Crippen molar-refractivity contribution in [2.45, 2.75) is 17.6 Å².